The molecule has 0 radical (unpaired) electrons. The van der Waals surface area contributed by atoms with Gasteiger partial charge in [0, 0.05) is 10.9 Å². The van der Waals surface area contributed by atoms with Gasteiger partial charge in [-0.25, -0.2) is 0 Å². The van der Waals surface area contributed by atoms with Crippen LogP contribution in [0.5, 0.6) is 11.5 Å². The Morgan fingerprint density at radius 3 is 2.23 bits per heavy atom. The molecule has 0 amide bonds. The van der Waals surface area contributed by atoms with Gasteiger partial charge in [0.05, 0.1) is 23.2 Å². The van der Waals surface area contributed by atoms with E-state index in [2.05, 4.69) is 5.10 Å². The topological polar surface area (TPSA) is 64.3 Å². The van der Waals surface area contributed by atoms with Gasteiger partial charge in [0.15, 0.2) is 0 Å². The van der Waals surface area contributed by atoms with E-state index in [9.17, 15) is 23.1 Å². The molecular formula is C31H25F3N2O3. The summed E-state index contributed by atoms with van der Waals surface area (Å²) < 4.78 is 49.2. The molecular weight excluding hydrogens is 505 g/mol. The predicted molar refractivity (Wildman–Crippen MR) is 143 cm³/mol. The maximum absolute atomic E-state index is 13.9. The lowest BCUT2D eigenvalue weighted by molar-refractivity contribution is -0.142. The van der Waals surface area contributed by atoms with Crippen LogP contribution >= 0.6 is 0 Å². The summed E-state index contributed by atoms with van der Waals surface area (Å²) >= 11 is 0. The number of carboxylic acids is 1. The van der Waals surface area contributed by atoms with E-state index in [1.54, 1.807) is 73.1 Å². The van der Waals surface area contributed by atoms with Crippen molar-refractivity contribution in [3.05, 3.63) is 114 Å². The Balaban J connectivity index is 1.59. The Hall–Kier alpha value is -4.59. The summed E-state index contributed by atoms with van der Waals surface area (Å²) in [6, 6.07) is 27.3. The Morgan fingerprint density at radius 2 is 1.54 bits per heavy atom. The molecule has 1 aromatic heterocycles. The quantitative estimate of drug-likeness (QED) is 0.232. The molecule has 0 aliphatic rings. The second-order valence-electron chi connectivity index (χ2n) is 9.78. The molecule has 0 aliphatic heterocycles. The minimum Gasteiger partial charge on any atom is -0.481 e. The molecule has 39 heavy (non-hydrogen) atoms. The van der Waals surface area contributed by atoms with E-state index in [1.165, 1.54) is 6.07 Å². The number of benzene rings is 4. The first-order valence-corrected chi connectivity index (χ1v) is 12.3. The number of hydrogen-bond donors (Lipinski definition) is 1. The van der Waals surface area contributed by atoms with E-state index in [4.69, 9.17) is 4.74 Å². The second-order valence-corrected chi connectivity index (χ2v) is 9.78. The molecule has 0 unspecified atom stereocenters. The summed E-state index contributed by atoms with van der Waals surface area (Å²) in [7, 11) is 0. The highest BCUT2D eigenvalue weighted by Crippen LogP contribution is 2.39. The minimum atomic E-state index is -4.55. The summed E-state index contributed by atoms with van der Waals surface area (Å²) in [4.78, 5) is 11.7. The van der Waals surface area contributed by atoms with E-state index >= 15 is 0 Å². The summed E-state index contributed by atoms with van der Waals surface area (Å²) in [5.74, 6) is -0.0650. The zero-order valence-electron chi connectivity index (χ0n) is 21.2. The molecule has 8 heteroatoms. The summed E-state index contributed by atoms with van der Waals surface area (Å²) in [6.45, 7) is 3.51. The highest BCUT2D eigenvalue weighted by atomic mass is 19.4. The van der Waals surface area contributed by atoms with Gasteiger partial charge in [-0.2, -0.15) is 18.3 Å². The van der Waals surface area contributed by atoms with E-state index in [0.29, 0.717) is 33.7 Å². The number of carboxylic acid groups (broad SMARTS) is 1. The van der Waals surface area contributed by atoms with E-state index < -0.39 is 23.1 Å². The van der Waals surface area contributed by atoms with Gasteiger partial charge in [0.1, 0.15) is 17.0 Å². The van der Waals surface area contributed by atoms with Gasteiger partial charge >= 0.3 is 12.1 Å². The fourth-order valence-corrected chi connectivity index (χ4v) is 4.47. The number of ether oxygens (including phenoxy) is 1. The van der Waals surface area contributed by atoms with Crippen LogP contribution in [0.2, 0.25) is 0 Å². The van der Waals surface area contributed by atoms with Crippen LogP contribution in [-0.4, -0.2) is 20.9 Å². The average molecular weight is 531 g/mol. The van der Waals surface area contributed by atoms with Crippen LogP contribution in [0, 0.1) is 0 Å². The second kappa shape index (κ2) is 9.94. The fourth-order valence-electron chi connectivity index (χ4n) is 4.47. The molecule has 5 nitrogen and oxygen atoms in total. The van der Waals surface area contributed by atoms with Crippen molar-refractivity contribution in [3.63, 3.8) is 0 Å². The number of aliphatic carboxylic acids is 1. The third-order valence-corrected chi connectivity index (χ3v) is 6.68. The molecule has 5 aromatic rings. The van der Waals surface area contributed by atoms with Gasteiger partial charge in [-0.15, -0.1) is 0 Å². The van der Waals surface area contributed by atoms with Gasteiger partial charge in [-0.1, -0.05) is 66.7 Å². The van der Waals surface area contributed by atoms with Crippen molar-refractivity contribution >= 4 is 16.9 Å². The molecule has 0 fully saturated rings. The molecule has 4 aromatic carbocycles. The monoisotopic (exact) mass is 530 g/mol. The number of carbonyl (C=O) groups is 1. The predicted octanol–water partition coefficient (Wildman–Crippen LogP) is 7.92. The zero-order valence-corrected chi connectivity index (χ0v) is 21.2. The van der Waals surface area contributed by atoms with Crippen molar-refractivity contribution < 1.29 is 27.8 Å². The normalized spacial score (nSPS) is 12.0. The molecule has 1 heterocycles. The van der Waals surface area contributed by atoms with Gasteiger partial charge in [0.2, 0.25) is 0 Å². The van der Waals surface area contributed by atoms with Crippen molar-refractivity contribution in [3.8, 4) is 22.8 Å². The summed E-state index contributed by atoms with van der Waals surface area (Å²) in [5.41, 5.74) is 0.614. The molecule has 0 saturated heterocycles. The Kier molecular flexibility index (Phi) is 6.64. The minimum absolute atomic E-state index is 0.120. The number of hydrogen-bond acceptors (Lipinski definition) is 3. The Bertz CT molecular complexity index is 1660. The first-order valence-electron chi connectivity index (χ1n) is 12.3. The van der Waals surface area contributed by atoms with Crippen LogP contribution in [0.3, 0.4) is 0 Å². The van der Waals surface area contributed by atoms with E-state index in [-0.39, 0.29) is 12.1 Å². The Morgan fingerprint density at radius 1 is 0.872 bits per heavy atom. The van der Waals surface area contributed by atoms with Gasteiger partial charge < -0.3 is 9.84 Å². The van der Waals surface area contributed by atoms with Gasteiger partial charge in [-0.3, -0.25) is 9.48 Å². The molecule has 0 saturated carbocycles. The lowest BCUT2D eigenvalue weighted by atomic mass is 9.85. The van der Waals surface area contributed by atoms with E-state index in [1.807, 2.05) is 30.3 Å². The van der Waals surface area contributed by atoms with Crippen LogP contribution in [0.4, 0.5) is 13.2 Å². The van der Waals surface area contributed by atoms with Crippen LogP contribution in [0.1, 0.15) is 30.5 Å². The van der Waals surface area contributed by atoms with Gasteiger partial charge in [0.25, 0.3) is 0 Å². The van der Waals surface area contributed by atoms with Crippen molar-refractivity contribution in [2.45, 2.75) is 32.0 Å². The number of aromatic nitrogens is 2. The third kappa shape index (κ3) is 5.23. The molecule has 0 atom stereocenters. The Labute approximate surface area is 223 Å². The molecule has 0 spiro atoms. The largest absolute Gasteiger partial charge is 0.481 e. The van der Waals surface area contributed by atoms with E-state index in [0.717, 1.165) is 11.6 Å². The number of fused-ring (bicyclic) bond motifs is 1. The SMILES string of the molecule is CC(C)(C(=O)O)c1cccc(Oc2cccc(-c3c4cccc(C(F)(F)F)c4nn3Cc3ccccc3)c2)c1. The molecule has 0 bridgehead atoms. The average Bonchev–Trinajstić information content (AvgIpc) is 3.26. The standard InChI is InChI=1S/C31H25F3N2O3/c1-30(2,29(37)38)22-12-7-14-24(18-22)39-23-13-6-11-21(17-23)28-25-15-8-16-26(31(32,33)34)27(25)35-36(28)19-20-9-4-3-5-10-20/h3-18H,19H2,1-2H3,(H,37,38). The maximum Gasteiger partial charge on any atom is 0.418 e. The van der Waals surface area contributed by atoms with Crippen molar-refractivity contribution in [1.82, 2.24) is 9.78 Å². The van der Waals surface area contributed by atoms with Crippen molar-refractivity contribution in [2.75, 3.05) is 0 Å². The number of nitrogens with zero attached hydrogens (tertiary/aromatic N) is 2. The highest BCUT2D eigenvalue weighted by molar-refractivity contribution is 5.95. The number of rotatable bonds is 7. The smallest absolute Gasteiger partial charge is 0.418 e. The zero-order chi connectivity index (χ0) is 27.8. The van der Waals surface area contributed by atoms with Crippen molar-refractivity contribution in [2.24, 2.45) is 0 Å². The highest BCUT2D eigenvalue weighted by Gasteiger charge is 2.34. The third-order valence-electron chi connectivity index (χ3n) is 6.68. The maximum atomic E-state index is 13.9. The van der Waals surface area contributed by atoms with Crippen LogP contribution in [0.15, 0.2) is 97.1 Å². The van der Waals surface area contributed by atoms with Crippen LogP contribution < -0.4 is 4.74 Å². The number of alkyl halides is 3. The summed E-state index contributed by atoms with van der Waals surface area (Å²) in [6.07, 6.45) is -4.55. The van der Waals surface area contributed by atoms with Crippen molar-refractivity contribution in [1.29, 1.82) is 0 Å². The molecule has 1 N–H and O–H groups in total. The molecule has 198 valence electrons. The van der Waals surface area contributed by atoms with Crippen LogP contribution in [0.25, 0.3) is 22.2 Å². The molecule has 0 aliphatic carbocycles. The van der Waals surface area contributed by atoms with Crippen LogP contribution in [-0.2, 0) is 22.9 Å². The lowest BCUT2D eigenvalue weighted by Gasteiger charge is -2.20. The first-order chi connectivity index (χ1) is 18.5. The summed E-state index contributed by atoms with van der Waals surface area (Å²) in [5, 5.41) is 14.4. The van der Waals surface area contributed by atoms with Gasteiger partial charge in [-0.05, 0) is 55.3 Å². The lowest BCUT2D eigenvalue weighted by Crippen LogP contribution is -2.28. The fraction of sp³-hybridized carbons (Fsp3) is 0.161. The number of halogens is 3. The first kappa shape index (κ1) is 26.0. The molecule has 5 rings (SSSR count).